The van der Waals surface area contributed by atoms with E-state index in [0.717, 1.165) is 48.2 Å². The minimum Gasteiger partial charge on any atom is -0.382 e. The van der Waals surface area contributed by atoms with Crippen molar-refractivity contribution >= 4 is 10.9 Å². The average Bonchev–Trinajstić information content (AvgIpc) is 2.90. The lowest BCUT2D eigenvalue weighted by Gasteiger charge is -2.27. The number of fused-ring (bicyclic) bond motifs is 2. The molecule has 0 amide bonds. The summed E-state index contributed by atoms with van der Waals surface area (Å²) in [5.41, 5.74) is 6.14. The number of aromatic amines is 1. The number of nitrogens with one attached hydrogen (secondary N) is 2. The van der Waals surface area contributed by atoms with E-state index in [0.29, 0.717) is 0 Å². The Kier molecular flexibility index (Phi) is 3.68. The maximum Gasteiger partial charge on any atom is 0.130 e. The number of benzene rings is 2. The average molecular weight is 307 g/mol. The van der Waals surface area contributed by atoms with Gasteiger partial charge in [0, 0.05) is 34.1 Å². The maximum atomic E-state index is 10.8. The van der Waals surface area contributed by atoms with E-state index in [4.69, 9.17) is 0 Å². The van der Waals surface area contributed by atoms with Gasteiger partial charge in [0.25, 0.3) is 0 Å². The van der Waals surface area contributed by atoms with Gasteiger partial charge in [-0.15, -0.1) is 0 Å². The molecule has 0 saturated heterocycles. The van der Waals surface area contributed by atoms with Crippen LogP contribution in [-0.2, 0) is 13.0 Å². The second-order valence-corrected chi connectivity index (χ2v) is 6.62. The SMILES string of the molecule is Cc1[nH]c2ccccc2c1[C@H](O)C[NH+]1CCc2ccccc2C1. The molecule has 0 radical (unpaired) electrons. The standard InChI is InChI=1S/C20H22N2O/c1-14-20(17-8-4-5-9-18(17)21-14)19(23)13-22-11-10-15-6-2-3-7-16(15)12-22/h2-9,19,21,23H,10-13H2,1H3/p+1/t19-/m1/s1. The van der Waals surface area contributed by atoms with Gasteiger partial charge in [-0.2, -0.15) is 0 Å². The molecule has 2 heterocycles. The zero-order chi connectivity index (χ0) is 15.8. The van der Waals surface area contributed by atoms with E-state index in [1.807, 2.05) is 12.1 Å². The summed E-state index contributed by atoms with van der Waals surface area (Å²) in [7, 11) is 0. The van der Waals surface area contributed by atoms with Gasteiger partial charge in [0.05, 0.1) is 6.54 Å². The fraction of sp³-hybridized carbons (Fsp3) is 0.300. The van der Waals surface area contributed by atoms with Crippen molar-refractivity contribution in [1.82, 2.24) is 4.98 Å². The molecule has 1 unspecified atom stereocenters. The Balaban J connectivity index is 1.56. The smallest absolute Gasteiger partial charge is 0.130 e. The molecule has 0 fully saturated rings. The lowest BCUT2D eigenvalue weighted by molar-refractivity contribution is -0.919. The van der Waals surface area contributed by atoms with E-state index >= 15 is 0 Å². The van der Waals surface area contributed by atoms with Gasteiger partial charge in [0.15, 0.2) is 0 Å². The Labute approximate surface area is 136 Å². The Bertz CT molecular complexity index is 837. The third kappa shape index (κ3) is 2.67. The van der Waals surface area contributed by atoms with Gasteiger partial charge < -0.3 is 15.0 Å². The maximum absolute atomic E-state index is 10.8. The first-order chi connectivity index (χ1) is 11.2. The highest BCUT2D eigenvalue weighted by molar-refractivity contribution is 5.84. The highest BCUT2D eigenvalue weighted by Crippen LogP contribution is 2.27. The molecule has 1 aliphatic heterocycles. The van der Waals surface area contributed by atoms with E-state index in [1.165, 1.54) is 16.0 Å². The summed E-state index contributed by atoms with van der Waals surface area (Å²) in [6.45, 7) is 4.92. The second kappa shape index (κ2) is 5.84. The van der Waals surface area contributed by atoms with Gasteiger partial charge in [-0.3, -0.25) is 0 Å². The first-order valence-corrected chi connectivity index (χ1v) is 8.38. The summed E-state index contributed by atoms with van der Waals surface area (Å²) in [6.07, 6.45) is 0.678. The van der Waals surface area contributed by atoms with Gasteiger partial charge in [0.2, 0.25) is 0 Å². The topological polar surface area (TPSA) is 40.5 Å². The van der Waals surface area contributed by atoms with E-state index < -0.39 is 6.10 Å². The fourth-order valence-corrected chi connectivity index (χ4v) is 3.92. The summed E-state index contributed by atoms with van der Waals surface area (Å²) in [6, 6.07) is 16.9. The molecule has 23 heavy (non-hydrogen) atoms. The third-order valence-electron chi connectivity index (χ3n) is 5.07. The van der Waals surface area contributed by atoms with Gasteiger partial charge in [-0.1, -0.05) is 42.5 Å². The molecular formula is C20H23N2O+. The van der Waals surface area contributed by atoms with Crippen molar-refractivity contribution in [3.63, 3.8) is 0 Å². The molecular weight excluding hydrogens is 284 g/mol. The second-order valence-electron chi connectivity index (χ2n) is 6.62. The molecule has 0 bridgehead atoms. The van der Waals surface area contributed by atoms with E-state index in [-0.39, 0.29) is 0 Å². The van der Waals surface area contributed by atoms with Crippen LogP contribution in [0.3, 0.4) is 0 Å². The quantitative estimate of drug-likeness (QED) is 0.682. The molecule has 0 aliphatic carbocycles. The summed E-state index contributed by atoms with van der Waals surface area (Å²) >= 11 is 0. The van der Waals surface area contributed by atoms with E-state index in [1.54, 1.807) is 0 Å². The van der Waals surface area contributed by atoms with Crippen molar-refractivity contribution in [1.29, 1.82) is 0 Å². The first kappa shape index (κ1) is 14.5. The van der Waals surface area contributed by atoms with Crippen LogP contribution in [0.5, 0.6) is 0 Å². The predicted molar refractivity (Wildman–Crippen MR) is 92.5 cm³/mol. The molecule has 118 valence electrons. The Morgan fingerprint density at radius 1 is 1.09 bits per heavy atom. The van der Waals surface area contributed by atoms with Crippen molar-refractivity contribution in [3.8, 4) is 0 Å². The number of quaternary nitrogens is 1. The van der Waals surface area contributed by atoms with Gasteiger partial charge in [-0.25, -0.2) is 0 Å². The number of hydrogen-bond donors (Lipinski definition) is 3. The van der Waals surface area contributed by atoms with Crippen molar-refractivity contribution in [2.75, 3.05) is 13.1 Å². The number of para-hydroxylation sites is 1. The first-order valence-electron chi connectivity index (χ1n) is 8.38. The number of aromatic nitrogens is 1. The number of rotatable bonds is 3. The van der Waals surface area contributed by atoms with Crippen molar-refractivity contribution in [3.05, 3.63) is 70.9 Å². The van der Waals surface area contributed by atoms with Crippen molar-refractivity contribution in [2.45, 2.75) is 26.0 Å². The number of aliphatic hydroxyl groups excluding tert-OH is 1. The lowest BCUT2D eigenvalue weighted by atomic mass is 9.98. The molecule has 1 aliphatic rings. The van der Waals surface area contributed by atoms with Crippen LogP contribution in [0.25, 0.3) is 10.9 Å². The minimum atomic E-state index is -0.425. The molecule has 3 heteroatoms. The Hall–Kier alpha value is -2.10. The van der Waals surface area contributed by atoms with E-state index in [9.17, 15) is 5.11 Å². The monoisotopic (exact) mass is 307 g/mol. The number of aryl methyl sites for hydroxylation is 1. The molecule has 2 atom stereocenters. The van der Waals surface area contributed by atoms with Crippen LogP contribution >= 0.6 is 0 Å². The van der Waals surface area contributed by atoms with Gasteiger partial charge in [-0.05, 0) is 18.6 Å². The highest BCUT2D eigenvalue weighted by atomic mass is 16.3. The van der Waals surface area contributed by atoms with Crippen LogP contribution in [0, 0.1) is 6.92 Å². The van der Waals surface area contributed by atoms with Crippen LogP contribution < -0.4 is 4.90 Å². The molecule has 2 aromatic carbocycles. The molecule has 0 saturated carbocycles. The van der Waals surface area contributed by atoms with E-state index in [2.05, 4.69) is 48.3 Å². The Morgan fingerprint density at radius 2 is 1.83 bits per heavy atom. The van der Waals surface area contributed by atoms with Crippen LogP contribution in [0.4, 0.5) is 0 Å². The third-order valence-corrected chi connectivity index (χ3v) is 5.07. The zero-order valence-corrected chi connectivity index (χ0v) is 13.5. The molecule has 0 spiro atoms. The fourth-order valence-electron chi connectivity index (χ4n) is 3.92. The van der Waals surface area contributed by atoms with Crippen LogP contribution in [-0.4, -0.2) is 23.2 Å². The normalized spacial score (nSPS) is 18.8. The molecule has 3 nitrogen and oxygen atoms in total. The van der Waals surface area contributed by atoms with Gasteiger partial charge >= 0.3 is 0 Å². The summed E-state index contributed by atoms with van der Waals surface area (Å²) in [5, 5.41) is 12.0. The summed E-state index contributed by atoms with van der Waals surface area (Å²) in [5.74, 6) is 0. The van der Waals surface area contributed by atoms with Crippen LogP contribution in [0.15, 0.2) is 48.5 Å². The minimum absolute atomic E-state index is 0.425. The van der Waals surface area contributed by atoms with Crippen LogP contribution in [0.1, 0.15) is 28.5 Å². The predicted octanol–water partition coefficient (Wildman–Crippen LogP) is 2.15. The molecule has 3 aromatic rings. The van der Waals surface area contributed by atoms with Gasteiger partial charge in [0.1, 0.15) is 19.2 Å². The molecule has 1 aromatic heterocycles. The number of aliphatic hydroxyl groups is 1. The zero-order valence-electron chi connectivity index (χ0n) is 13.5. The Morgan fingerprint density at radius 3 is 2.70 bits per heavy atom. The summed E-state index contributed by atoms with van der Waals surface area (Å²) in [4.78, 5) is 4.85. The molecule has 3 N–H and O–H groups in total. The summed E-state index contributed by atoms with van der Waals surface area (Å²) < 4.78 is 0. The lowest BCUT2D eigenvalue weighted by Crippen LogP contribution is -3.12. The van der Waals surface area contributed by atoms with Crippen molar-refractivity contribution in [2.24, 2.45) is 0 Å². The van der Waals surface area contributed by atoms with Crippen molar-refractivity contribution < 1.29 is 10.0 Å². The largest absolute Gasteiger partial charge is 0.382 e. The van der Waals surface area contributed by atoms with Crippen LogP contribution in [0.2, 0.25) is 0 Å². The number of hydrogen-bond acceptors (Lipinski definition) is 1. The number of H-pyrrole nitrogens is 1. The highest BCUT2D eigenvalue weighted by Gasteiger charge is 2.25. The molecule has 4 rings (SSSR count).